The fourth-order valence-corrected chi connectivity index (χ4v) is 6.88. The molecule has 1 N–H and O–H groups in total. The minimum absolute atomic E-state index is 0.0153. The summed E-state index contributed by atoms with van der Waals surface area (Å²) in [6, 6.07) is 1.56. The summed E-state index contributed by atoms with van der Waals surface area (Å²) in [5.41, 5.74) is 0.556. The van der Waals surface area contributed by atoms with Crippen molar-refractivity contribution in [1.82, 2.24) is 29.2 Å². The van der Waals surface area contributed by atoms with Crippen LogP contribution in [0.15, 0.2) is 23.4 Å². The van der Waals surface area contributed by atoms with Crippen molar-refractivity contribution in [2.24, 2.45) is 0 Å². The van der Waals surface area contributed by atoms with Crippen LogP contribution in [0.1, 0.15) is 31.2 Å². The molecule has 16 heteroatoms. The minimum atomic E-state index is -3.94. The van der Waals surface area contributed by atoms with Gasteiger partial charge in [0.15, 0.2) is 21.9 Å². The van der Waals surface area contributed by atoms with Gasteiger partial charge < -0.3 is 19.3 Å². The van der Waals surface area contributed by atoms with Gasteiger partial charge in [-0.1, -0.05) is 11.3 Å². The van der Waals surface area contributed by atoms with Gasteiger partial charge in [-0.3, -0.25) is 9.20 Å². The molecule has 12 nitrogen and oxygen atoms in total. The van der Waals surface area contributed by atoms with Crippen molar-refractivity contribution in [2.75, 3.05) is 50.9 Å². The van der Waals surface area contributed by atoms with Crippen LogP contribution in [0.4, 0.5) is 14.5 Å². The van der Waals surface area contributed by atoms with Gasteiger partial charge in [-0.05, 0) is 25.8 Å². The number of hydrogen-bond acceptors (Lipinski definition) is 10. The molecule has 2 saturated heterocycles. The van der Waals surface area contributed by atoms with E-state index in [9.17, 15) is 22.0 Å². The zero-order valence-corrected chi connectivity index (χ0v) is 22.7. The molecule has 2 aliphatic heterocycles. The van der Waals surface area contributed by atoms with Crippen LogP contribution in [0.2, 0.25) is 0 Å². The Hall–Kier alpha value is -2.79. The molecule has 0 unspecified atom stereocenters. The van der Waals surface area contributed by atoms with E-state index < -0.39 is 33.1 Å². The van der Waals surface area contributed by atoms with E-state index in [0.717, 1.165) is 12.8 Å². The number of ether oxygens (including phenoxy) is 2. The number of fused-ring (bicyclic) bond motifs is 1. The van der Waals surface area contributed by atoms with E-state index in [2.05, 4.69) is 19.9 Å². The Morgan fingerprint density at radius 3 is 2.67 bits per heavy atom. The van der Waals surface area contributed by atoms with E-state index in [1.54, 1.807) is 11.0 Å². The van der Waals surface area contributed by atoms with E-state index in [-0.39, 0.29) is 34.8 Å². The molecule has 3 aromatic heterocycles. The summed E-state index contributed by atoms with van der Waals surface area (Å²) in [4.78, 5) is 21.1. The summed E-state index contributed by atoms with van der Waals surface area (Å²) in [5.74, 6) is 0.0493. The SMILES string of the molecule is CC1(NS(=O)(=O)c2cc(N3CCO[C@H](C(=O)N4CCOCC4)C3)c3cnc(-c4nnc(C(F)F)s4)n3c2)CC1. The van der Waals surface area contributed by atoms with E-state index in [0.29, 0.717) is 55.4 Å². The highest BCUT2D eigenvalue weighted by molar-refractivity contribution is 7.89. The van der Waals surface area contributed by atoms with Crippen LogP contribution in [0.3, 0.4) is 0 Å². The number of halogens is 2. The number of carbonyl (C=O) groups is 1. The van der Waals surface area contributed by atoms with Crippen LogP contribution in [-0.2, 0) is 24.3 Å². The lowest BCUT2D eigenvalue weighted by molar-refractivity contribution is -0.148. The second-order valence-electron chi connectivity index (χ2n) is 10.1. The Balaban J connectivity index is 1.40. The van der Waals surface area contributed by atoms with Crippen LogP contribution in [0.5, 0.6) is 0 Å². The molecule has 6 rings (SSSR count). The fraction of sp³-hybridized carbons (Fsp3) is 0.565. The van der Waals surface area contributed by atoms with Gasteiger partial charge in [0.1, 0.15) is 4.90 Å². The molecule has 1 saturated carbocycles. The largest absolute Gasteiger partial charge is 0.378 e. The first-order valence-corrected chi connectivity index (χ1v) is 14.8. The Kier molecular flexibility index (Phi) is 6.77. The number of nitrogens with one attached hydrogen (secondary N) is 1. The third-order valence-corrected chi connectivity index (χ3v) is 9.64. The number of carbonyl (C=O) groups excluding carboxylic acids is 1. The molecule has 0 spiro atoms. The van der Waals surface area contributed by atoms with Crippen LogP contribution in [0, 0.1) is 0 Å². The van der Waals surface area contributed by atoms with Gasteiger partial charge in [-0.2, -0.15) is 0 Å². The number of alkyl halides is 2. The van der Waals surface area contributed by atoms with Crippen molar-refractivity contribution in [1.29, 1.82) is 0 Å². The lowest BCUT2D eigenvalue weighted by Gasteiger charge is -2.37. The van der Waals surface area contributed by atoms with Gasteiger partial charge in [0.05, 0.1) is 43.8 Å². The summed E-state index contributed by atoms with van der Waals surface area (Å²) in [5, 5.41) is 7.10. The number of imidazole rings is 1. The third-order valence-electron chi connectivity index (χ3n) is 7.11. The number of amides is 1. The summed E-state index contributed by atoms with van der Waals surface area (Å²) in [6.07, 6.45) is 0.886. The molecule has 1 amide bonds. The maximum absolute atomic E-state index is 13.4. The van der Waals surface area contributed by atoms with Gasteiger partial charge in [0.2, 0.25) is 10.0 Å². The zero-order chi connectivity index (χ0) is 27.4. The highest BCUT2D eigenvalue weighted by Crippen LogP contribution is 2.38. The van der Waals surface area contributed by atoms with Crippen molar-refractivity contribution < 1.29 is 31.5 Å². The Morgan fingerprint density at radius 1 is 1.21 bits per heavy atom. The van der Waals surface area contributed by atoms with Crippen molar-refractivity contribution >= 4 is 38.5 Å². The number of anilines is 1. The summed E-state index contributed by atoms with van der Waals surface area (Å²) < 4.78 is 68.7. The first kappa shape index (κ1) is 26.4. The normalized spacial score (nSPS) is 21.6. The minimum Gasteiger partial charge on any atom is -0.378 e. The molecule has 5 heterocycles. The molecule has 1 aliphatic carbocycles. The maximum Gasteiger partial charge on any atom is 0.291 e. The average molecular weight is 584 g/mol. The Labute approximate surface area is 227 Å². The van der Waals surface area contributed by atoms with E-state index in [4.69, 9.17) is 9.47 Å². The van der Waals surface area contributed by atoms with Crippen molar-refractivity contribution in [2.45, 2.75) is 42.7 Å². The second kappa shape index (κ2) is 9.99. The van der Waals surface area contributed by atoms with Gasteiger partial charge in [-0.25, -0.2) is 26.9 Å². The smallest absolute Gasteiger partial charge is 0.291 e. The number of sulfonamides is 1. The highest BCUT2D eigenvalue weighted by Gasteiger charge is 2.42. The average Bonchev–Trinajstić information content (AvgIpc) is 3.30. The molecule has 3 fully saturated rings. The number of pyridine rings is 1. The molecule has 3 aliphatic rings. The number of nitrogens with zero attached hydrogens (tertiary/aromatic N) is 6. The van der Waals surface area contributed by atoms with Gasteiger partial charge in [0.25, 0.3) is 12.3 Å². The lowest BCUT2D eigenvalue weighted by atomic mass is 10.2. The number of aromatic nitrogens is 4. The summed E-state index contributed by atoms with van der Waals surface area (Å²) in [6.45, 7) is 4.60. The molecule has 210 valence electrons. The van der Waals surface area contributed by atoms with E-state index in [1.807, 2.05) is 11.8 Å². The molecule has 1 atom stereocenters. The lowest BCUT2D eigenvalue weighted by Crippen LogP contribution is -2.53. The molecule has 0 radical (unpaired) electrons. The molecular weight excluding hydrogens is 556 g/mol. The molecule has 0 aromatic carbocycles. The number of rotatable bonds is 7. The number of morpholine rings is 2. The van der Waals surface area contributed by atoms with Gasteiger partial charge >= 0.3 is 0 Å². The third kappa shape index (κ3) is 5.23. The van der Waals surface area contributed by atoms with Crippen molar-refractivity contribution in [3.63, 3.8) is 0 Å². The van der Waals surface area contributed by atoms with E-state index in [1.165, 1.54) is 16.8 Å². The first-order chi connectivity index (χ1) is 18.6. The monoisotopic (exact) mass is 583 g/mol. The summed E-state index contributed by atoms with van der Waals surface area (Å²) in [7, 11) is -3.94. The predicted molar refractivity (Wildman–Crippen MR) is 136 cm³/mol. The molecule has 0 bridgehead atoms. The first-order valence-electron chi connectivity index (χ1n) is 12.5. The molecule has 39 heavy (non-hydrogen) atoms. The fourth-order valence-electron chi connectivity index (χ4n) is 4.70. The number of hydrogen-bond donors (Lipinski definition) is 1. The second-order valence-corrected chi connectivity index (χ2v) is 12.7. The van der Waals surface area contributed by atoms with Crippen molar-refractivity contribution in [3.8, 4) is 10.8 Å². The molecular formula is C23H27F2N7O5S2. The predicted octanol–water partition coefficient (Wildman–Crippen LogP) is 1.69. The highest BCUT2D eigenvalue weighted by atomic mass is 32.2. The topological polar surface area (TPSA) is 131 Å². The quantitative estimate of drug-likeness (QED) is 0.441. The van der Waals surface area contributed by atoms with Gasteiger partial charge in [0, 0.05) is 31.4 Å². The van der Waals surface area contributed by atoms with Crippen LogP contribution in [0.25, 0.3) is 16.3 Å². The Bertz CT molecular complexity index is 1500. The van der Waals surface area contributed by atoms with Crippen LogP contribution in [-0.4, -0.2) is 96.4 Å². The maximum atomic E-state index is 13.4. The van der Waals surface area contributed by atoms with Crippen LogP contribution < -0.4 is 9.62 Å². The summed E-state index contributed by atoms with van der Waals surface area (Å²) >= 11 is 0.694. The zero-order valence-electron chi connectivity index (χ0n) is 21.0. The van der Waals surface area contributed by atoms with E-state index >= 15 is 0 Å². The molecule has 3 aromatic rings. The van der Waals surface area contributed by atoms with Crippen LogP contribution >= 0.6 is 11.3 Å². The van der Waals surface area contributed by atoms with Crippen molar-refractivity contribution in [3.05, 3.63) is 23.5 Å². The standard InChI is InChI=1S/C23H27F2N7O5S2/c1-23(2-3-23)29-39(34,35)14-10-15(31-6-9-37-17(13-31)22(33)30-4-7-36-8-5-30)16-11-26-19(32(16)12-14)21-28-27-20(38-21)18(24)25/h10-12,17-18,29H,2-9,13H2,1H3/t17-/m0/s1. The Morgan fingerprint density at radius 2 is 1.97 bits per heavy atom. The van der Waals surface area contributed by atoms with Gasteiger partial charge in [-0.15, -0.1) is 10.2 Å².